The lowest BCUT2D eigenvalue weighted by molar-refractivity contribution is 0.355. The van der Waals surface area contributed by atoms with Gasteiger partial charge in [0, 0.05) is 0 Å². The third kappa shape index (κ3) is 2.33. The molecule has 0 aliphatic carbocycles. The quantitative estimate of drug-likeness (QED) is 0.788. The molecule has 0 radical (unpaired) electrons. The monoisotopic (exact) mass is 324 g/mol. The van der Waals surface area contributed by atoms with Crippen molar-refractivity contribution in [1.82, 2.24) is 0 Å². The van der Waals surface area contributed by atoms with Gasteiger partial charge in [0.1, 0.15) is 0 Å². The summed E-state index contributed by atoms with van der Waals surface area (Å²) in [6.07, 6.45) is 1.91. The molecule has 0 aliphatic rings. The molecule has 14 heavy (non-hydrogen) atoms. The van der Waals surface area contributed by atoms with Gasteiger partial charge in [0.25, 0.3) is 0 Å². The van der Waals surface area contributed by atoms with Crippen LogP contribution in [0.5, 0.6) is 11.5 Å². The minimum atomic E-state index is 0.569. The van der Waals surface area contributed by atoms with Crippen LogP contribution in [0.4, 0.5) is 0 Å². The van der Waals surface area contributed by atoms with Crippen LogP contribution in [0.25, 0.3) is 6.08 Å². The van der Waals surface area contributed by atoms with Crippen LogP contribution in [-0.2, 0) is 0 Å². The number of halogens is 2. The SMILES string of the molecule is COc1ccc(/C=C/I)c(Cl)c1OC. The highest BCUT2D eigenvalue weighted by atomic mass is 127. The van der Waals surface area contributed by atoms with Crippen molar-refractivity contribution in [2.45, 2.75) is 0 Å². The third-order valence-electron chi connectivity index (χ3n) is 1.76. The highest BCUT2D eigenvalue weighted by Gasteiger charge is 2.10. The zero-order valence-electron chi connectivity index (χ0n) is 7.88. The average molecular weight is 325 g/mol. The molecule has 0 bridgehead atoms. The first-order valence-corrected chi connectivity index (χ1v) is 5.54. The van der Waals surface area contributed by atoms with Gasteiger partial charge in [0.05, 0.1) is 19.2 Å². The van der Waals surface area contributed by atoms with Gasteiger partial charge in [-0.05, 0) is 27.9 Å². The van der Waals surface area contributed by atoms with Gasteiger partial charge in [-0.15, -0.1) is 0 Å². The Morgan fingerprint density at radius 2 is 2.00 bits per heavy atom. The van der Waals surface area contributed by atoms with Crippen molar-refractivity contribution in [3.8, 4) is 11.5 Å². The summed E-state index contributed by atoms with van der Waals surface area (Å²) < 4.78 is 12.2. The van der Waals surface area contributed by atoms with E-state index in [2.05, 4.69) is 22.6 Å². The van der Waals surface area contributed by atoms with Gasteiger partial charge >= 0.3 is 0 Å². The summed E-state index contributed by atoms with van der Waals surface area (Å²) in [5.41, 5.74) is 0.915. The van der Waals surface area contributed by atoms with Crippen molar-refractivity contribution in [3.05, 3.63) is 26.8 Å². The van der Waals surface area contributed by atoms with E-state index in [4.69, 9.17) is 21.1 Å². The molecule has 0 aliphatic heterocycles. The van der Waals surface area contributed by atoms with Crippen molar-refractivity contribution < 1.29 is 9.47 Å². The van der Waals surface area contributed by atoms with Gasteiger partial charge in [-0.2, -0.15) is 0 Å². The number of benzene rings is 1. The highest BCUT2D eigenvalue weighted by Crippen LogP contribution is 2.37. The smallest absolute Gasteiger partial charge is 0.179 e. The van der Waals surface area contributed by atoms with E-state index in [9.17, 15) is 0 Å². The van der Waals surface area contributed by atoms with Crippen LogP contribution in [0.15, 0.2) is 16.2 Å². The van der Waals surface area contributed by atoms with E-state index in [0.29, 0.717) is 16.5 Å². The van der Waals surface area contributed by atoms with Crippen molar-refractivity contribution >= 4 is 40.3 Å². The average Bonchev–Trinajstić information content (AvgIpc) is 2.21. The molecule has 1 aromatic rings. The predicted molar refractivity (Wildman–Crippen MR) is 67.6 cm³/mol. The zero-order valence-corrected chi connectivity index (χ0v) is 10.8. The molecule has 0 saturated heterocycles. The highest BCUT2D eigenvalue weighted by molar-refractivity contribution is 14.1. The lowest BCUT2D eigenvalue weighted by Gasteiger charge is -2.10. The molecule has 0 spiro atoms. The van der Waals surface area contributed by atoms with Gasteiger partial charge in [-0.1, -0.05) is 34.2 Å². The van der Waals surface area contributed by atoms with Gasteiger partial charge in [-0.25, -0.2) is 0 Å². The molecular weight excluding hydrogens is 314 g/mol. The standard InChI is InChI=1S/C10H10ClIO2/c1-13-8-4-3-7(5-6-12)9(11)10(8)14-2/h3-6H,1-2H3/b6-5+. The van der Waals surface area contributed by atoms with E-state index < -0.39 is 0 Å². The van der Waals surface area contributed by atoms with Crippen molar-refractivity contribution in [2.24, 2.45) is 0 Å². The lowest BCUT2D eigenvalue weighted by atomic mass is 10.2. The second-order valence-electron chi connectivity index (χ2n) is 2.50. The first-order valence-electron chi connectivity index (χ1n) is 3.91. The topological polar surface area (TPSA) is 18.5 Å². The van der Waals surface area contributed by atoms with E-state index >= 15 is 0 Å². The number of hydrogen-bond donors (Lipinski definition) is 0. The summed E-state index contributed by atoms with van der Waals surface area (Å²) in [5, 5.41) is 0.569. The Bertz CT molecular complexity index is 350. The number of rotatable bonds is 3. The molecule has 2 nitrogen and oxygen atoms in total. The van der Waals surface area contributed by atoms with Crippen LogP contribution in [0.1, 0.15) is 5.56 Å². The van der Waals surface area contributed by atoms with E-state index in [1.807, 2.05) is 22.3 Å². The van der Waals surface area contributed by atoms with Crippen LogP contribution >= 0.6 is 34.2 Å². The Morgan fingerprint density at radius 3 is 2.50 bits per heavy atom. The van der Waals surface area contributed by atoms with Crippen LogP contribution in [0, 0.1) is 0 Å². The summed E-state index contributed by atoms with van der Waals surface area (Å²) in [7, 11) is 3.16. The maximum Gasteiger partial charge on any atom is 0.179 e. The predicted octanol–water partition coefficient (Wildman–Crippen LogP) is 3.76. The third-order valence-corrected chi connectivity index (χ3v) is 2.51. The molecule has 0 amide bonds. The second kappa shape index (κ2) is 5.46. The number of methoxy groups -OCH3 is 2. The van der Waals surface area contributed by atoms with Gasteiger partial charge in [0.2, 0.25) is 0 Å². The molecule has 0 unspecified atom stereocenters. The van der Waals surface area contributed by atoms with E-state index in [-0.39, 0.29) is 0 Å². The molecule has 0 aromatic heterocycles. The van der Waals surface area contributed by atoms with Crippen molar-refractivity contribution in [2.75, 3.05) is 14.2 Å². The van der Waals surface area contributed by atoms with Crippen LogP contribution in [-0.4, -0.2) is 14.2 Å². The Morgan fingerprint density at radius 1 is 1.29 bits per heavy atom. The second-order valence-corrected chi connectivity index (χ2v) is 3.59. The summed E-state index contributed by atoms with van der Waals surface area (Å²) in [6.45, 7) is 0. The minimum absolute atomic E-state index is 0.569. The molecular formula is C10H10ClIO2. The first-order chi connectivity index (χ1) is 6.74. The Labute approximate surface area is 102 Å². The van der Waals surface area contributed by atoms with Crippen LogP contribution < -0.4 is 9.47 Å². The van der Waals surface area contributed by atoms with E-state index in [1.54, 1.807) is 14.2 Å². The molecule has 76 valence electrons. The molecule has 0 fully saturated rings. The summed E-state index contributed by atoms with van der Waals surface area (Å²) in [6, 6.07) is 3.72. The molecule has 0 atom stereocenters. The van der Waals surface area contributed by atoms with E-state index in [1.165, 1.54) is 0 Å². The van der Waals surface area contributed by atoms with Crippen molar-refractivity contribution in [3.63, 3.8) is 0 Å². The minimum Gasteiger partial charge on any atom is -0.493 e. The largest absolute Gasteiger partial charge is 0.493 e. The van der Waals surface area contributed by atoms with Crippen molar-refractivity contribution in [1.29, 1.82) is 0 Å². The fourth-order valence-electron chi connectivity index (χ4n) is 1.10. The first kappa shape index (κ1) is 11.7. The molecule has 0 N–H and O–H groups in total. The molecule has 1 rings (SSSR count). The van der Waals surface area contributed by atoms with Crippen LogP contribution in [0.2, 0.25) is 5.02 Å². The summed E-state index contributed by atoms with van der Waals surface area (Å²) in [5.74, 6) is 1.21. The lowest BCUT2D eigenvalue weighted by Crippen LogP contribution is -1.92. The van der Waals surface area contributed by atoms with Crippen LogP contribution in [0.3, 0.4) is 0 Å². The van der Waals surface area contributed by atoms with E-state index in [0.717, 1.165) is 5.56 Å². The maximum absolute atomic E-state index is 6.11. The fraction of sp³-hybridized carbons (Fsp3) is 0.200. The number of hydrogen-bond acceptors (Lipinski definition) is 2. The summed E-state index contributed by atoms with van der Waals surface area (Å²) in [4.78, 5) is 0. The van der Waals surface area contributed by atoms with Gasteiger partial charge in [-0.3, -0.25) is 0 Å². The molecule has 4 heteroatoms. The van der Waals surface area contributed by atoms with Gasteiger partial charge < -0.3 is 9.47 Å². The normalized spacial score (nSPS) is 10.6. The molecule has 1 aromatic carbocycles. The Hall–Kier alpha value is -0.420. The number of ether oxygens (including phenoxy) is 2. The Balaban J connectivity index is 3.27. The molecule has 0 heterocycles. The fourth-order valence-corrected chi connectivity index (χ4v) is 1.78. The van der Waals surface area contributed by atoms with Gasteiger partial charge in [0.15, 0.2) is 11.5 Å². The zero-order chi connectivity index (χ0) is 10.6. The molecule has 0 saturated carbocycles. The maximum atomic E-state index is 6.11. The summed E-state index contributed by atoms with van der Waals surface area (Å²) >= 11 is 8.25. The Kier molecular flexibility index (Phi) is 4.54.